The van der Waals surface area contributed by atoms with E-state index < -0.39 is 64.5 Å². The molecule has 52 heavy (non-hydrogen) atoms. The van der Waals surface area contributed by atoms with Crippen molar-refractivity contribution in [2.75, 3.05) is 13.7 Å². The molecule has 2 aromatic carbocycles. The SMILES string of the molecule is CCC(C)(CC(CC(C)(CC(C)C(=O)OC(C)(C)C1CCC(C)CC1O)C(=O)OC)C(=O)OC1CCCCO1)C(=O)O.c1ccc2ccccc2c1. The summed E-state index contributed by atoms with van der Waals surface area (Å²) in [7, 11) is 1.24. The third-order valence-electron chi connectivity index (χ3n) is 11.2. The molecule has 0 aromatic heterocycles. The summed E-state index contributed by atoms with van der Waals surface area (Å²) in [4.78, 5) is 52.3. The third-order valence-corrected chi connectivity index (χ3v) is 11.2. The standard InChI is InChI=1S/C32H54O10.C10H8/c1-9-31(6,28(36)37)18-22(27(35)41-25-12-10-11-15-40-25)19-32(7,29(38)39-8)17-21(3)26(34)42-30(4,5)23-14-13-20(2)16-24(23)33;1-2-6-10-8-4-3-7-9(10)5-1/h20-25,33H,9-19H2,1-8H3,(H,36,37);1-8H. The van der Waals surface area contributed by atoms with Crippen molar-refractivity contribution in [3.05, 3.63) is 48.5 Å². The molecule has 290 valence electrons. The number of fused-ring (bicyclic) bond motifs is 1. The minimum absolute atomic E-state index is 0.0124. The number of hydrogen-bond donors (Lipinski definition) is 2. The Balaban J connectivity index is 0.000000616. The van der Waals surface area contributed by atoms with Crippen molar-refractivity contribution in [3.8, 4) is 0 Å². The molecule has 2 aliphatic rings. The minimum Gasteiger partial charge on any atom is -0.481 e. The maximum absolute atomic E-state index is 13.5. The van der Waals surface area contributed by atoms with Crippen molar-refractivity contribution in [2.24, 2.45) is 34.5 Å². The van der Waals surface area contributed by atoms with E-state index in [0.29, 0.717) is 25.4 Å². The van der Waals surface area contributed by atoms with Gasteiger partial charge in [-0.3, -0.25) is 19.2 Å². The molecule has 0 radical (unpaired) electrons. The van der Waals surface area contributed by atoms with Gasteiger partial charge in [0.25, 0.3) is 0 Å². The molecule has 10 nitrogen and oxygen atoms in total. The zero-order chi connectivity index (χ0) is 38.7. The fraction of sp³-hybridized carbons (Fsp3) is 0.667. The van der Waals surface area contributed by atoms with E-state index in [1.165, 1.54) is 17.9 Å². The first-order valence-electron chi connectivity index (χ1n) is 18.9. The maximum Gasteiger partial charge on any atom is 0.311 e. The summed E-state index contributed by atoms with van der Waals surface area (Å²) in [5.41, 5.74) is -3.47. The molecule has 0 spiro atoms. The number of carbonyl (C=O) groups excluding carboxylic acids is 3. The van der Waals surface area contributed by atoms with Gasteiger partial charge in [0, 0.05) is 12.3 Å². The van der Waals surface area contributed by atoms with E-state index in [9.17, 15) is 29.4 Å². The molecule has 1 saturated heterocycles. The van der Waals surface area contributed by atoms with Gasteiger partial charge in [0.1, 0.15) is 5.60 Å². The smallest absolute Gasteiger partial charge is 0.311 e. The van der Waals surface area contributed by atoms with Crippen molar-refractivity contribution in [1.29, 1.82) is 0 Å². The molecule has 10 heteroatoms. The van der Waals surface area contributed by atoms with E-state index in [2.05, 4.69) is 55.5 Å². The van der Waals surface area contributed by atoms with E-state index in [-0.39, 0.29) is 31.6 Å². The summed E-state index contributed by atoms with van der Waals surface area (Å²) in [6, 6.07) is 16.7. The molecule has 1 aliphatic heterocycles. The van der Waals surface area contributed by atoms with E-state index >= 15 is 0 Å². The number of ether oxygens (including phenoxy) is 4. The summed E-state index contributed by atoms with van der Waals surface area (Å²) >= 11 is 0. The highest BCUT2D eigenvalue weighted by atomic mass is 16.7. The van der Waals surface area contributed by atoms with E-state index in [0.717, 1.165) is 25.7 Å². The molecule has 8 atom stereocenters. The molecule has 0 bridgehead atoms. The van der Waals surface area contributed by atoms with Gasteiger partial charge in [0.2, 0.25) is 6.29 Å². The van der Waals surface area contributed by atoms with Gasteiger partial charge in [-0.2, -0.15) is 0 Å². The Kier molecular flexibility index (Phi) is 15.7. The summed E-state index contributed by atoms with van der Waals surface area (Å²) < 4.78 is 22.3. The van der Waals surface area contributed by atoms with Crippen LogP contribution in [0.3, 0.4) is 0 Å². The molecule has 8 unspecified atom stereocenters. The van der Waals surface area contributed by atoms with Crippen molar-refractivity contribution >= 4 is 34.6 Å². The van der Waals surface area contributed by atoms with Crippen LogP contribution in [0.15, 0.2) is 48.5 Å². The van der Waals surface area contributed by atoms with Crippen molar-refractivity contribution in [1.82, 2.24) is 0 Å². The van der Waals surface area contributed by atoms with Gasteiger partial charge < -0.3 is 29.2 Å². The Morgan fingerprint density at radius 2 is 1.44 bits per heavy atom. The molecule has 1 aliphatic carbocycles. The second-order valence-electron chi connectivity index (χ2n) is 16.2. The Morgan fingerprint density at radius 1 is 0.865 bits per heavy atom. The predicted molar refractivity (Wildman–Crippen MR) is 199 cm³/mol. The van der Waals surface area contributed by atoms with Gasteiger partial charge in [0.15, 0.2) is 0 Å². The van der Waals surface area contributed by atoms with Gasteiger partial charge in [-0.1, -0.05) is 75.7 Å². The van der Waals surface area contributed by atoms with Crippen LogP contribution in [0.4, 0.5) is 0 Å². The second kappa shape index (κ2) is 19.0. The lowest BCUT2D eigenvalue weighted by Gasteiger charge is -2.42. The number of benzene rings is 2. The molecule has 4 rings (SSSR count). The fourth-order valence-corrected chi connectivity index (χ4v) is 7.72. The van der Waals surface area contributed by atoms with Crippen LogP contribution in [-0.4, -0.2) is 65.8 Å². The number of hydrogen-bond acceptors (Lipinski definition) is 9. The molecule has 1 heterocycles. The number of carboxylic acid groups (broad SMARTS) is 1. The van der Waals surface area contributed by atoms with Gasteiger partial charge in [-0.05, 0) is 95.8 Å². The zero-order valence-electron chi connectivity index (χ0n) is 32.5. The van der Waals surface area contributed by atoms with E-state index in [4.69, 9.17) is 18.9 Å². The van der Waals surface area contributed by atoms with Crippen LogP contribution in [0.5, 0.6) is 0 Å². The summed E-state index contributed by atoms with van der Waals surface area (Å²) in [6.07, 6.45) is 3.45. The number of carbonyl (C=O) groups is 4. The number of aliphatic hydroxyl groups is 1. The van der Waals surface area contributed by atoms with Gasteiger partial charge in [0.05, 0.1) is 42.5 Å². The second-order valence-corrected chi connectivity index (χ2v) is 16.2. The van der Waals surface area contributed by atoms with Gasteiger partial charge >= 0.3 is 23.9 Å². The average molecular weight is 727 g/mol. The lowest BCUT2D eigenvalue weighted by atomic mass is 9.70. The number of methoxy groups -OCH3 is 1. The van der Waals surface area contributed by atoms with Crippen molar-refractivity contribution in [3.63, 3.8) is 0 Å². The van der Waals surface area contributed by atoms with Crippen molar-refractivity contribution in [2.45, 2.75) is 131 Å². The zero-order valence-corrected chi connectivity index (χ0v) is 32.5. The highest BCUT2D eigenvalue weighted by molar-refractivity contribution is 5.82. The normalized spacial score (nSPS) is 24.1. The van der Waals surface area contributed by atoms with Crippen molar-refractivity contribution < 1.29 is 48.3 Å². The molecule has 2 fully saturated rings. The molecule has 2 N–H and O–H groups in total. The molecule has 0 amide bonds. The largest absolute Gasteiger partial charge is 0.481 e. The first kappa shape index (κ1) is 42.9. The van der Waals surface area contributed by atoms with E-state index in [1.54, 1.807) is 41.5 Å². The molecular formula is C42H62O10. The number of esters is 3. The van der Waals surface area contributed by atoms with Gasteiger partial charge in [-0.25, -0.2) is 0 Å². The predicted octanol–water partition coefficient (Wildman–Crippen LogP) is 8.12. The molecule has 1 saturated carbocycles. The summed E-state index contributed by atoms with van der Waals surface area (Å²) in [6.45, 7) is 12.8. The first-order chi connectivity index (χ1) is 24.4. The van der Waals surface area contributed by atoms with Crippen LogP contribution < -0.4 is 0 Å². The van der Waals surface area contributed by atoms with Crippen LogP contribution in [0.1, 0.15) is 113 Å². The Bertz CT molecular complexity index is 1420. The van der Waals surface area contributed by atoms with Crippen LogP contribution >= 0.6 is 0 Å². The molecular weight excluding hydrogens is 664 g/mol. The number of aliphatic hydroxyl groups excluding tert-OH is 1. The summed E-state index contributed by atoms with van der Waals surface area (Å²) in [5, 5.41) is 23.3. The number of rotatable bonds is 14. The molecule has 2 aromatic rings. The minimum atomic E-state index is -1.32. The first-order valence-corrected chi connectivity index (χ1v) is 18.9. The van der Waals surface area contributed by atoms with Gasteiger partial charge in [-0.15, -0.1) is 0 Å². The Hall–Kier alpha value is -3.50. The van der Waals surface area contributed by atoms with E-state index in [1.807, 2.05) is 0 Å². The monoisotopic (exact) mass is 726 g/mol. The van der Waals surface area contributed by atoms with Crippen LogP contribution in [0, 0.1) is 34.5 Å². The fourth-order valence-electron chi connectivity index (χ4n) is 7.72. The highest BCUT2D eigenvalue weighted by Crippen LogP contribution is 2.42. The number of aliphatic carboxylic acids is 1. The Labute approximate surface area is 309 Å². The third kappa shape index (κ3) is 11.8. The highest BCUT2D eigenvalue weighted by Gasteiger charge is 2.47. The van der Waals surface area contributed by atoms with Crippen LogP contribution in [-0.2, 0) is 38.1 Å². The average Bonchev–Trinajstić information content (AvgIpc) is 3.11. The Morgan fingerprint density at radius 3 is 1.92 bits per heavy atom. The summed E-state index contributed by atoms with van der Waals surface area (Å²) in [5.74, 6) is -4.31. The lowest BCUT2D eigenvalue weighted by Crippen LogP contribution is -2.47. The lowest BCUT2D eigenvalue weighted by molar-refractivity contribution is -0.193. The quantitative estimate of drug-likeness (QED) is 0.145. The number of carboxylic acids is 1. The maximum atomic E-state index is 13.5. The van der Waals surface area contributed by atoms with Crippen LogP contribution in [0.2, 0.25) is 0 Å². The van der Waals surface area contributed by atoms with Crippen LogP contribution in [0.25, 0.3) is 10.8 Å². The topological polar surface area (TPSA) is 146 Å².